The summed E-state index contributed by atoms with van der Waals surface area (Å²) >= 11 is 0. The van der Waals surface area contributed by atoms with Crippen molar-refractivity contribution in [3.63, 3.8) is 0 Å². The molecule has 0 aromatic carbocycles. The summed E-state index contributed by atoms with van der Waals surface area (Å²) in [6, 6.07) is 2.00. The van der Waals surface area contributed by atoms with Crippen LogP contribution in [0.25, 0.3) is 6.08 Å². The number of carboxylic acid groups (broad SMARTS) is 1. The number of aromatic nitrogens is 1. The van der Waals surface area contributed by atoms with Crippen LogP contribution in [0.5, 0.6) is 0 Å². The lowest BCUT2D eigenvalue weighted by Gasteiger charge is -2.34. The van der Waals surface area contributed by atoms with Crippen molar-refractivity contribution in [2.45, 2.75) is 33.1 Å². The maximum atomic E-state index is 10.5. The Morgan fingerprint density at radius 2 is 2.40 bits per heavy atom. The number of rotatable bonds is 4. The van der Waals surface area contributed by atoms with Crippen molar-refractivity contribution in [1.82, 2.24) is 4.98 Å². The Balaban J connectivity index is 2.15. The standard InChI is InChI=1S/C16H22N2O2/c1-3-13-5-4-8-18(11-13)16-12(2)9-14(10-17-16)6-7-15(19)20/h6-7,9-10,13H,3-5,8,11H2,1-2H3,(H,19,20)/b7-6+. The van der Waals surface area contributed by atoms with E-state index in [1.807, 2.05) is 13.0 Å². The Morgan fingerprint density at radius 3 is 3.05 bits per heavy atom. The Kier molecular flexibility index (Phi) is 4.77. The summed E-state index contributed by atoms with van der Waals surface area (Å²) in [6.07, 6.45) is 8.22. The van der Waals surface area contributed by atoms with E-state index in [2.05, 4.69) is 16.8 Å². The molecular formula is C16H22N2O2. The number of piperidine rings is 1. The molecule has 2 heterocycles. The lowest BCUT2D eigenvalue weighted by atomic mass is 9.95. The molecule has 1 aromatic heterocycles. The molecule has 4 heteroatoms. The average molecular weight is 274 g/mol. The van der Waals surface area contributed by atoms with Crippen LogP contribution in [0.2, 0.25) is 0 Å². The van der Waals surface area contributed by atoms with Gasteiger partial charge in [-0.2, -0.15) is 0 Å². The largest absolute Gasteiger partial charge is 0.478 e. The Morgan fingerprint density at radius 1 is 1.60 bits per heavy atom. The smallest absolute Gasteiger partial charge is 0.328 e. The highest BCUT2D eigenvalue weighted by atomic mass is 16.4. The third-order valence-electron chi connectivity index (χ3n) is 3.89. The van der Waals surface area contributed by atoms with Crippen LogP contribution < -0.4 is 4.90 Å². The van der Waals surface area contributed by atoms with Crippen LogP contribution in [-0.4, -0.2) is 29.1 Å². The average Bonchev–Trinajstić information content (AvgIpc) is 2.45. The summed E-state index contributed by atoms with van der Waals surface area (Å²) in [6.45, 7) is 6.42. The summed E-state index contributed by atoms with van der Waals surface area (Å²) in [4.78, 5) is 17.4. The van der Waals surface area contributed by atoms with E-state index >= 15 is 0 Å². The second-order valence-electron chi connectivity index (χ2n) is 5.44. The molecule has 0 radical (unpaired) electrons. The quantitative estimate of drug-likeness (QED) is 0.857. The topological polar surface area (TPSA) is 53.4 Å². The predicted octanol–water partition coefficient (Wildman–Crippen LogP) is 3.11. The van der Waals surface area contributed by atoms with Gasteiger partial charge < -0.3 is 10.0 Å². The zero-order valence-electron chi connectivity index (χ0n) is 12.2. The number of aryl methyl sites for hydroxylation is 1. The number of hydrogen-bond acceptors (Lipinski definition) is 3. The van der Waals surface area contributed by atoms with Crippen molar-refractivity contribution >= 4 is 17.9 Å². The molecule has 1 atom stereocenters. The van der Waals surface area contributed by atoms with Crippen molar-refractivity contribution in [2.75, 3.05) is 18.0 Å². The number of hydrogen-bond donors (Lipinski definition) is 1. The fourth-order valence-electron chi connectivity index (χ4n) is 2.77. The second kappa shape index (κ2) is 6.55. The molecule has 1 aromatic rings. The number of pyridine rings is 1. The van der Waals surface area contributed by atoms with Gasteiger partial charge in [-0.1, -0.05) is 13.3 Å². The van der Waals surface area contributed by atoms with Crippen molar-refractivity contribution in [3.8, 4) is 0 Å². The lowest BCUT2D eigenvalue weighted by Crippen LogP contribution is -2.36. The highest BCUT2D eigenvalue weighted by Crippen LogP contribution is 2.26. The molecule has 1 aliphatic rings. The summed E-state index contributed by atoms with van der Waals surface area (Å²) in [5, 5.41) is 8.64. The zero-order valence-corrected chi connectivity index (χ0v) is 12.2. The van der Waals surface area contributed by atoms with E-state index in [1.165, 1.54) is 19.3 Å². The van der Waals surface area contributed by atoms with Crippen LogP contribution >= 0.6 is 0 Å². The van der Waals surface area contributed by atoms with Crippen LogP contribution in [0.15, 0.2) is 18.3 Å². The van der Waals surface area contributed by atoms with Gasteiger partial charge in [-0.15, -0.1) is 0 Å². The molecule has 1 saturated heterocycles. The molecule has 0 saturated carbocycles. The van der Waals surface area contributed by atoms with Crippen molar-refractivity contribution in [2.24, 2.45) is 5.92 Å². The van der Waals surface area contributed by atoms with Crippen molar-refractivity contribution in [1.29, 1.82) is 0 Å². The van der Waals surface area contributed by atoms with Gasteiger partial charge in [0.2, 0.25) is 0 Å². The van der Waals surface area contributed by atoms with E-state index < -0.39 is 5.97 Å². The molecule has 20 heavy (non-hydrogen) atoms. The fourth-order valence-corrected chi connectivity index (χ4v) is 2.77. The minimum absolute atomic E-state index is 0.761. The third-order valence-corrected chi connectivity index (χ3v) is 3.89. The number of aliphatic carboxylic acids is 1. The molecule has 1 unspecified atom stereocenters. The maximum absolute atomic E-state index is 10.5. The lowest BCUT2D eigenvalue weighted by molar-refractivity contribution is -0.131. The van der Waals surface area contributed by atoms with Gasteiger partial charge in [0.15, 0.2) is 0 Å². The monoisotopic (exact) mass is 274 g/mol. The highest BCUT2D eigenvalue weighted by Gasteiger charge is 2.20. The molecule has 0 spiro atoms. The molecular weight excluding hydrogens is 252 g/mol. The maximum Gasteiger partial charge on any atom is 0.328 e. The predicted molar refractivity (Wildman–Crippen MR) is 80.9 cm³/mol. The SMILES string of the molecule is CCC1CCCN(c2ncc(/C=C/C(=O)O)cc2C)C1. The molecule has 1 aliphatic heterocycles. The Labute approximate surface area is 120 Å². The number of carboxylic acids is 1. The first-order valence-electron chi connectivity index (χ1n) is 7.22. The van der Waals surface area contributed by atoms with Crippen LogP contribution in [0.3, 0.4) is 0 Å². The fraction of sp³-hybridized carbons (Fsp3) is 0.500. The van der Waals surface area contributed by atoms with E-state index in [-0.39, 0.29) is 0 Å². The number of anilines is 1. The van der Waals surface area contributed by atoms with Gasteiger partial charge in [0.1, 0.15) is 5.82 Å². The molecule has 0 amide bonds. The van der Waals surface area contributed by atoms with Crippen LogP contribution in [0.4, 0.5) is 5.82 Å². The van der Waals surface area contributed by atoms with E-state index in [4.69, 9.17) is 5.11 Å². The molecule has 4 nitrogen and oxygen atoms in total. The van der Waals surface area contributed by atoms with E-state index in [1.54, 1.807) is 12.3 Å². The molecule has 1 fully saturated rings. The van der Waals surface area contributed by atoms with Gasteiger partial charge in [0.25, 0.3) is 0 Å². The normalized spacial score (nSPS) is 19.5. The van der Waals surface area contributed by atoms with Gasteiger partial charge in [0, 0.05) is 25.4 Å². The molecule has 0 bridgehead atoms. The van der Waals surface area contributed by atoms with Gasteiger partial charge in [-0.3, -0.25) is 0 Å². The summed E-state index contributed by atoms with van der Waals surface area (Å²) in [7, 11) is 0. The minimum Gasteiger partial charge on any atom is -0.478 e. The molecule has 1 N–H and O–H groups in total. The third kappa shape index (κ3) is 3.59. The van der Waals surface area contributed by atoms with Crippen LogP contribution in [-0.2, 0) is 4.79 Å². The van der Waals surface area contributed by atoms with Crippen molar-refractivity contribution < 1.29 is 9.90 Å². The zero-order chi connectivity index (χ0) is 14.5. The summed E-state index contributed by atoms with van der Waals surface area (Å²) in [5.74, 6) is 0.862. The van der Waals surface area contributed by atoms with Crippen molar-refractivity contribution in [3.05, 3.63) is 29.5 Å². The summed E-state index contributed by atoms with van der Waals surface area (Å²) in [5.41, 5.74) is 1.94. The number of nitrogens with zero attached hydrogens (tertiary/aromatic N) is 2. The first-order valence-corrected chi connectivity index (χ1v) is 7.22. The molecule has 0 aliphatic carbocycles. The van der Waals surface area contributed by atoms with E-state index in [9.17, 15) is 4.79 Å². The Hall–Kier alpha value is -1.84. The first-order chi connectivity index (χ1) is 9.60. The van der Waals surface area contributed by atoms with Crippen LogP contribution in [0, 0.1) is 12.8 Å². The van der Waals surface area contributed by atoms with Gasteiger partial charge in [-0.25, -0.2) is 9.78 Å². The van der Waals surface area contributed by atoms with Gasteiger partial charge in [0.05, 0.1) is 0 Å². The van der Waals surface area contributed by atoms with Crippen LogP contribution in [0.1, 0.15) is 37.3 Å². The Bertz CT molecular complexity index is 511. The summed E-state index contributed by atoms with van der Waals surface area (Å²) < 4.78 is 0. The first kappa shape index (κ1) is 14.6. The van der Waals surface area contributed by atoms with E-state index in [0.29, 0.717) is 0 Å². The molecule has 2 rings (SSSR count). The number of carbonyl (C=O) groups is 1. The second-order valence-corrected chi connectivity index (χ2v) is 5.44. The minimum atomic E-state index is -0.937. The molecule has 108 valence electrons. The highest BCUT2D eigenvalue weighted by molar-refractivity contribution is 5.85. The van der Waals surface area contributed by atoms with Gasteiger partial charge in [-0.05, 0) is 49.0 Å². The van der Waals surface area contributed by atoms with Gasteiger partial charge >= 0.3 is 5.97 Å². The van der Waals surface area contributed by atoms with E-state index in [0.717, 1.165) is 42.0 Å².